The molecule has 0 aliphatic carbocycles. The fourth-order valence-corrected chi connectivity index (χ4v) is 6.32. The Kier molecular flexibility index (Phi) is 14.8. The van der Waals surface area contributed by atoms with Crippen molar-refractivity contribution in [3.63, 3.8) is 0 Å². The van der Waals surface area contributed by atoms with Crippen molar-refractivity contribution < 1.29 is 33.6 Å². The molecule has 5 rings (SSSR count). The van der Waals surface area contributed by atoms with E-state index in [9.17, 15) is 14.7 Å². The van der Waals surface area contributed by atoms with Crippen LogP contribution < -0.4 is 10.1 Å². The van der Waals surface area contributed by atoms with E-state index in [-0.39, 0.29) is 31.3 Å². The number of nitrogens with one attached hydrogen (secondary N) is 1. The van der Waals surface area contributed by atoms with Crippen LogP contribution in [0.3, 0.4) is 0 Å². The molecule has 0 aromatic heterocycles. The third-order valence-corrected chi connectivity index (χ3v) is 9.29. The molecule has 0 bridgehead atoms. The maximum Gasteiger partial charge on any atom is 0.347 e. The molecule has 9 heteroatoms. The van der Waals surface area contributed by atoms with Crippen LogP contribution in [-0.4, -0.2) is 67.6 Å². The quantitative estimate of drug-likeness (QED) is 0.0804. The summed E-state index contributed by atoms with van der Waals surface area (Å²) in [5.74, 6) is -0.174. The van der Waals surface area contributed by atoms with E-state index in [1.807, 2.05) is 38.1 Å². The van der Waals surface area contributed by atoms with Crippen LogP contribution in [0.5, 0.6) is 5.75 Å². The molecule has 2 atom stereocenters. The van der Waals surface area contributed by atoms with Gasteiger partial charge in [0.15, 0.2) is 6.29 Å². The monoisotopic (exact) mass is 708 g/mol. The molecule has 0 radical (unpaired) electrons. The zero-order chi connectivity index (χ0) is 36.6. The number of amides is 1. The first-order valence-electron chi connectivity index (χ1n) is 18.4. The average molecular weight is 709 g/mol. The summed E-state index contributed by atoms with van der Waals surface area (Å²) >= 11 is 0. The number of hydrogen-bond donors (Lipinski definition) is 2. The largest absolute Gasteiger partial charge is 0.489 e. The molecular weight excluding hydrogens is 656 g/mol. The zero-order valence-corrected chi connectivity index (χ0v) is 30.4. The van der Waals surface area contributed by atoms with Crippen molar-refractivity contribution in [2.45, 2.75) is 64.6 Å². The van der Waals surface area contributed by atoms with Gasteiger partial charge in [0.1, 0.15) is 12.4 Å². The lowest BCUT2D eigenvalue weighted by Gasteiger charge is -2.33. The van der Waals surface area contributed by atoms with Gasteiger partial charge in [-0.3, -0.25) is 9.69 Å². The minimum atomic E-state index is -2.02. The van der Waals surface area contributed by atoms with Crippen LogP contribution in [0.1, 0.15) is 72.1 Å². The summed E-state index contributed by atoms with van der Waals surface area (Å²) in [7, 11) is 0. The van der Waals surface area contributed by atoms with Gasteiger partial charge in [-0.2, -0.15) is 0 Å². The SMILES string of the molecule is CCCOC(CCNC(=O)c1ccc(COc2cccc([C@](O)(C(=O)OCC3CCN(Cc4ccccc4)CC3)c3ccccc3)c2)cc1)OCC. The van der Waals surface area contributed by atoms with Crippen LogP contribution in [0.25, 0.3) is 0 Å². The predicted molar refractivity (Wildman–Crippen MR) is 201 cm³/mol. The first-order valence-corrected chi connectivity index (χ1v) is 18.4. The number of piperidine rings is 1. The summed E-state index contributed by atoms with van der Waals surface area (Å²) in [6.45, 7) is 8.81. The Morgan fingerprint density at radius 2 is 1.54 bits per heavy atom. The number of esters is 1. The van der Waals surface area contributed by atoms with Gasteiger partial charge in [-0.25, -0.2) is 4.79 Å². The molecule has 1 heterocycles. The molecule has 0 saturated carbocycles. The molecular formula is C43H52N2O7. The van der Waals surface area contributed by atoms with Gasteiger partial charge >= 0.3 is 5.97 Å². The minimum absolute atomic E-state index is 0.175. The summed E-state index contributed by atoms with van der Waals surface area (Å²) < 4.78 is 23.3. The van der Waals surface area contributed by atoms with Gasteiger partial charge in [-0.05, 0) is 86.1 Å². The Hall–Kier alpha value is -4.54. The summed E-state index contributed by atoms with van der Waals surface area (Å²) in [5.41, 5.74) is 1.45. The number of carbonyl (C=O) groups excluding carboxylic acids is 2. The molecule has 4 aromatic carbocycles. The molecule has 1 fully saturated rings. The second-order valence-electron chi connectivity index (χ2n) is 13.2. The summed E-state index contributed by atoms with van der Waals surface area (Å²) in [5, 5.41) is 15.0. The molecule has 4 aromatic rings. The van der Waals surface area contributed by atoms with E-state index < -0.39 is 11.6 Å². The second-order valence-corrected chi connectivity index (χ2v) is 13.2. The number of benzene rings is 4. The number of hydrogen-bond acceptors (Lipinski definition) is 8. The van der Waals surface area contributed by atoms with Crippen molar-refractivity contribution >= 4 is 11.9 Å². The number of ether oxygens (including phenoxy) is 4. The molecule has 1 unspecified atom stereocenters. The van der Waals surface area contributed by atoms with Crippen molar-refractivity contribution in [1.82, 2.24) is 10.2 Å². The third kappa shape index (κ3) is 11.0. The van der Waals surface area contributed by atoms with Gasteiger partial charge in [-0.1, -0.05) is 91.9 Å². The molecule has 1 saturated heterocycles. The number of rotatable bonds is 19. The van der Waals surface area contributed by atoms with Crippen molar-refractivity contribution in [1.29, 1.82) is 0 Å². The third-order valence-electron chi connectivity index (χ3n) is 9.29. The molecule has 1 amide bonds. The van der Waals surface area contributed by atoms with Crippen molar-refractivity contribution in [2.75, 3.05) is 39.5 Å². The highest BCUT2D eigenvalue weighted by Gasteiger charge is 2.42. The van der Waals surface area contributed by atoms with Crippen LogP contribution in [0.4, 0.5) is 0 Å². The van der Waals surface area contributed by atoms with Crippen molar-refractivity contribution in [2.24, 2.45) is 5.92 Å². The number of nitrogens with zero attached hydrogens (tertiary/aromatic N) is 1. The van der Waals surface area contributed by atoms with E-state index in [1.54, 1.807) is 60.7 Å². The Labute approximate surface area is 307 Å². The summed E-state index contributed by atoms with van der Waals surface area (Å²) in [4.78, 5) is 28.9. The van der Waals surface area contributed by atoms with Crippen LogP contribution in [-0.2, 0) is 37.8 Å². The van der Waals surface area contributed by atoms with Gasteiger partial charge in [0, 0.05) is 43.9 Å². The lowest BCUT2D eigenvalue weighted by Crippen LogP contribution is -2.40. The van der Waals surface area contributed by atoms with Crippen LogP contribution in [0.15, 0.2) is 109 Å². The fourth-order valence-electron chi connectivity index (χ4n) is 6.32. The smallest absolute Gasteiger partial charge is 0.347 e. The van der Waals surface area contributed by atoms with E-state index >= 15 is 0 Å². The maximum absolute atomic E-state index is 13.8. The molecule has 0 spiro atoms. The number of carbonyl (C=O) groups is 2. The van der Waals surface area contributed by atoms with Gasteiger partial charge < -0.3 is 29.4 Å². The normalized spacial score (nSPS) is 15.4. The van der Waals surface area contributed by atoms with Gasteiger partial charge in [-0.15, -0.1) is 0 Å². The fraction of sp³-hybridized carbons (Fsp3) is 0.395. The standard InChI is InChI=1S/C43H52N2O7/c1-3-28-50-40(49-4-2)22-25-44-41(46)36-20-18-34(19-21-36)31-51-39-17-11-16-38(29-39)43(48,37-14-9-6-10-15-37)42(47)52-32-35-23-26-45(27-24-35)30-33-12-7-5-8-13-33/h5-21,29,35,40,48H,3-4,22-28,30-32H2,1-2H3,(H,44,46)/t40?,43-/m0/s1. The second kappa shape index (κ2) is 19.9. The molecule has 1 aliphatic heterocycles. The van der Waals surface area contributed by atoms with E-state index in [0.29, 0.717) is 48.6 Å². The highest BCUT2D eigenvalue weighted by molar-refractivity contribution is 5.94. The molecule has 52 heavy (non-hydrogen) atoms. The van der Waals surface area contributed by atoms with Crippen LogP contribution in [0, 0.1) is 5.92 Å². The summed E-state index contributed by atoms with van der Waals surface area (Å²) in [6.07, 6.45) is 2.97. The lowest BCUT2D eigenvalue weighted by molar-refractivity contribution is -0.164. The maximum atomic E-state index is 13.8. The average Bonchev–Trinajstić information content (AvgIpc) is 3.19. The van der Waals surface area contributed by atoms with E-state index in [0.717, 1.165) is 44.5 Å². The highest BCUT2D eigenvalue weighted by atomic mass is 16.7. The number of likely N-dealkylation sites (tertiary alicyclic amines) is 1. The minimum Gasteiger partial charge on any atom is -0.489 e. The summed E-state index contributed by atoms with van der Waals surface area (Å²) in [6, 6.07) is 33.5. The first kappa shape index (κ1) is 38.7. The van der Waals surface area contributed by atoms with E-state index in [2.05, 4.69) is 34.5 Å². The Bertz CT molecular complexity index is 1660. The zero-order valence-electron chi connectivity index (χ0n) is 30.4. The topological polar surface area (TPSA) is 107 Å². The van der Waals surface area contributed by atoms with Gasteiger partial charge in [0.05, 0.1) is 6.61 Å². The van der Waals surface area contributed by atoms with Crippen molar-refractivity contribution in [3.05, 3.63) is 137 Å². The Balaban J connectivity index is 1.16. The highest BCUT2D eigenvalue weighted by Crippen LogP contribution is 2.34. The van der Waals surface area contributed by atoms with E-state index in [4.69, 9.17) is 18.9 Å². The molecule has 2 N–H and O–H groups in total. The molecule has 9 nitrogen and oxygen atoms in total. The van der Waals surface area contributed by atoms with Crippen LogP contribution >= 0.6 is 0 Å². The first-order chi connectivity index (χ1) is 25.4. The molecule has 1 aliphatic rings. The van der Waals surface area contributed by atoms with Crippen LogP contribution in [0.2, 0.25) is 0 Å². The van der Waals surface area contributed by atoms with Gasteiger partial charge in [0.25, 0.3) is 5.91 Å². The van der Waals surface area contributed by atoms with E-state index in [1.165, 1.54) is 5.56 Å². The number of aliphatic hydroxyl groups is 1. The van der Waals surface area contributed by atoms with Crippen molar-refractivity contribution in [3.8, 4) is 5.75 Å². The predicted octanol–water partition coefficient (Wildman–Crippen LogP) is 6.87. The lowest BCUT2D eigenvalue weighted by atomic mass is 9.86. The Morgan fingerprint density at radius 1 is 0.846 bits per heavy atom. The van der Waals surface area contributed by atoms with Gasteiger partial charge in [0.2, 0.25) is 5.60 Å². The molecule has 276 valence electrons. The Morgan fingerprint density at radius 3 is 2.23 bits per heavy atom.